The topological polar surface area (TPSA) is 134 Å². The Bertz CT molecular complexity index is 2600. The smallest absolute Gasteiger partial charge is 0.142 e. The van der Waals surface area contributed by atoms with Crippen LogP contribution in [0.15, 0.2) is 97.6 Å². The monoisotopic (exact) mass is 853 g/mol. The molecule has 1 saturated heterocycles. The second-order valence-corrected chi connectivity index (χ2v) is 15.8. The first-order chi connectivity index (χ1) is 29.7. The largest absolute Gasteiger partial charge is 0.488 e. The maximum absolute atomic E-state index is 10.0. The Morgan fingerprint density at radius 3 is 1.56 bits per heavy atom. The molecule has 0 unspecified atom stereocenters. The average molecular weight is 855 g/mol. The van der Waals surface area contributed by atoms with E-state index in [4.69, 9.17) is 42.1 Å². The van der Waals surface area contributed by atoms with E-state index < -0.39 is 0 Å². The fourth-order valence-corrected chi connectivity index (χ4v) is 7.88. The van der Waals surface area contributed by atoms with Gasteiger partial charge < -0.3 is 24.1 Å². The third-order valence-corrected chi connectivity index (χ3v) is 11.4. The van der Waals surface area contributed by atoms with Crippen molar-refractivity contribution in [3.05, 3.63) is 163 Å². The molecule has 0 amide bonds. The van der Waals surface area contributed by atoms with Crippen LogP contribution in [-0.4, -0.2) is 33.1 Å². The van der Waals surface area contributed by atoms with Crippen LogP contribution in [0.1, 0.15) is 74.9 Å². The van der Waals surface area contributed by atoms with E-state index in [0.29, 0.717) is 61.8 Å². The van der Waals surface area contributed by atoms with Crippen LogP contribution in [0.4, 0.5) is 0 Å². The van der Waals surface area contributed by atoms with Crippen molar-refractivity contribution >= 4 is 23.2 Å². The van der Waals surface area contributed by atoms with Crippen molar-refractivity contribution in [1.82, 2.24) is 14.9 Å². The van der Waals surface area contributed by atoms with Crippen molar-refractivity contribution in [3.63, 3.8) is 0 Å². The number of nitrogens with zero attached hydrogens (tertiary/aromatic N) is 5. The molecule has 61 heavy (non-hydrogen) atoms. The van der Waals surface area contributed by atoms with E-state index in [1.54, 1.807) is 36.7 Å². The van der Waals surface area contributed by atoms with Gasteiger partial charge in [-0.05, 0) is 97.4 Å². The van der Waals surface area contributed by atoms with Crippen LogP contribution in [0.25, 0.3) is 11.1 Å². The van der Waals surface area contributed by atoms with Gasteiger partial charge in [-0.3, -0.25) is 14.9 Å². The van der Waals surface area contributed by atoms with Crippen LogP contribution in [0, 0.1) is 36.5 Å². The van der Waals surface area contributed by atoms with Crippen LogP contribution in [-0.2, 0) is 39.6 Å². The van der Waals surface area contributed by atoms with Crippen LogP contribution >= 0.6 is 23.2 Å². The summed E-state index contributed by atoms with van der Waals surface area (Å²) in [7, 11) is 0. The van der Waals surface area contributed by atoms with Gasteiger partial charge in [-0.1, -0.05) is 66.0 Å². The van der Waals surface area contributed by atoms with Crippen LogP contribution in [0.5, 0.6) is 23.0 Å². The summed E-state index contributed by atoms with van der Waals surface area (Å²) in [6.07, 6.45) is 9.93. The van der Waals surface area contributed by atoms with Crippen LogP contribution in [0.3, 0.4) is 0 Å². The second kappa shape index (κ2) is 20.4. The molecule has 0 bridgehead atoms. The van der Waals surface area contributed by atoms with Crippen molar-refractivity contribution in [2.24, 2.45) is 0 Å². The van der Waals surface area contributed by atoms with Crippen molar-refractivity contribution < 1.29 is 24.1 Å². The van der Waals surface area contributed by atoms with Gasteiger partial charge in [-0.15, -0.1) is 0 Å². The summed E-state index contributed by atoms with van der Waals surface area (Å²) in [5.74, 6) is 2.03. The van der Waals surface area contributed by atoms with Gasteiger partial charge in [0.15, 0.2) is 0 Å². The van der Waals surface area contributed by atoms with E-state index in [9.17, 15) is 15.6 Å². The molecule has 0 aliphatic carbocycles. The van der Waals surface area contributed by atoms with Crippen molar-refractivity contribution in [2.75, 3.05) is 13.1 Å². The molecule has 2 aromatic heterocycles. The quantitative estimate of drug-likeness (QED) is 0.100. The molecular formula is C49H45Cl2N5O5. The highest BCUT2D eigenvalue weighted by atomic mass is 35.5. The summed E-state index contributed by atoms with van der Waals surface area (Å²) in [4.78, 5) is 10.7. The normalized spacial score (nSPS) is 12.6. The molecule has 0 atom stereocenters. The molecule has 0 radical (unpaired) electrons. The summed E-state index contributed by atoms with van der Waals surface area (Å²) >= 11 is 13.5. The van der Waals surface area contributed by atoms with Crippen LogP contribution < -0.4 is 18.9 Å². The maximum Gasteiger partial charge on any atom is 0.142 e. The number of ether oxygens (including phenoxy) is 4. The third-order valence-electron chi connectivity index (χ3n) is 10.8. The molecule has 4 aromatic carbocycles. The zero-order chi connectivity index (χ0) is 42.7. The predicted octanol–water partition coefficient (Wildman–Crippen LogP) is 10.6. The van der Waals surface area contributed by atoms with E-state index in [1.807, 2.05) is 30.3 Å². The molecule has 10 nitrogen and oxygen atoms in total. The maximum atomic E-state index is 10.0. The van der Waals surface area contributed by atoms with Crippen LogP contribution in [0.2, 0.25) is 10.0 Å². The molecule has 1 fully saturated rings. The van der Waals surface area contributed by atoms with Gasteiger partial charge in [-0.2, -0.15) is 10.5 Å². The van der Waals surface area contributed by atoms with Gasteiger partial charge in [-0.25, -0.2) is 0 Å². The number of nitriles is 2. The van der Waals surface area contributed by atoms with Gasteiger partial charge in [0.25, 0.3) is 0 Å². The molecule has 3 heterocycles. The van der Waals surface area contributed by atoms with Gasteiger partial charge in [0.1, 0.15) is 61.6 Å². The van der Waals surface area contributed by atoms with Gasteiger partial charge >= 0.3 is 0 Å². The third kappa shape index (κ3) is 10.8. The Hall–Kier alpha value is -6.14. The highest BCUT2D eigenvalue weighted by Gasteiger charge is 2.19. The lowest BCUT2D eigenvalue weighted by molar-refractivity contribution is 0.214. The predicted molar refractivity (Wildman–Crippen MR) is 235 cm³/mol. The Balaban J connectivity index is 1.07. The summed E-state index contributed by atoms with van der Waals surface area (Å²) < 4.78 is 25.1. The van der Waals surface area contributed by atoms with E-state index in [2.05, 4.69) is 59.1 Å². The number of halogens is 2. The Morgan fingerprint density at radius 1 is 0.590 bits per heavy atom. The number of aliphatic hydroxyl groups is 1. The number of aliphatic hydroxyl groups excluding tert-OH is 1. The molecule has 6 aromatic rings. The summed E-state index contributed by atoms with van der Waals surface area (Å²) in [6, 6.07) is 27.2. The number of piperidine rings is 1. The summed E-state index contributed by atoms with van der Waals surface area (Å²) in [5, 5.41) is 29.5. The van der Waals surface area contributed by atoms with E-state index >= 15 is 0 Å². The zero-order valence-electron chi connectivity index (χ0n) is 34.1. The molecule has 310 valence electrons. The summed E-state index contributed by atoms with van der Waals surface area (Å²) in [6.45, 7) is 7.58. The highest BCUT2D eigenvalue weighted by Crippen LogP contribution is 2.38. The van der Waals surface area contributed by atoms with E-state index in [0.717, 1.165) is 57.6 Å². The molecule has 7 rings (SSSR count). The first-order valence-corrected chi connectivity index (χ1v) is 20.8. The zero-order valence-corrected chi connectivity index (χ0v) is 35.6. The van der Waals surface area contributed by atoms with Gasteiger partial charge in [0, 0.05) is 65.7 Å². The number of pyridine rings is 2. The Labute approximate surface area is 366 Å². The first-order valence-electron chi connectivity index (χ1n) is 20.1. The highest BCUT2D eigenvalue weighted by molar-refractivity contribution is 6.32. The van der Waals surface area contributed by atoms with E-state index in [1.165, 1.54) is 31.7 Å². The number of rotatable bonds is 16. The minimum Gasteiger partial charge on any atom is -0.488 e. The molecule has 1 aliphatic heterocycles. The van der Waals surface area contributed by atoms with Crippen molar-refractivity contribution in [3.8, 4) is 46.3 Å². The van der Waals surface area contributed by atoms with Gasteiger partial charge in [0.2, 0.25) is 0 Å². The number of benzene rings is 4. The lowest BCUT2D eigenvalue weighted by Crippen LogP contribution is -2.29. The molecule has 1 aliphatic rings. The minimum atomic E-state index is -0.275. The standard InChI is InChI=1S/C49H45Cl2N5O5/c1-32-38(30-60-48-18-46(58-28-36-14-34(20-52)22-54-24-36)40(16-44(48)50)26-56-12-4-3-5-13-56)8-6-10-42(32)43-11-7-9-39(33(43)2)31-61-49-19-47(41(27-57)17-45(49)51)59-29-37-15-35(21-53)23-55-25-37/h6-11,14-19,22-25,57H,3-5,12-13,26-31H2,1-2H3. The Kier molecular flexibility index (Phi) is 14.4. The lowest BCUT2D eigenvalue weighted by Gasteiger charge is -2.27. The summed E-state index contributed by atoms with van der Waals surface area (Å²) in [5.41, 5.74) is 10.2. The molecule has 12 heteroatoms. The van der Waals surface area contributed by atoms with Gasteiger partial charge in [0.05, 0.1) is 27.8 Å². The number of likely N-dealkylation sites (tertiary alicyclic amines) is 1. The molecule has 0 saturated carbocycles. The fourth-order valence-electron chi connectivity index (χ4n) is 7.40. The average Bonchev–Trinajstić information content (AvgIpc) is 3.28. The van der Waals surface area contributed by atoms with Crippen molar-refractivity contribution in [1.29, 1.82) is 10.5 Å². The Morgan fingerprint density at radius 2 is 1.07 bits per heavy atom. The second-order valence-electron chi connectivity index (χ2n) is 15.0. The first kappa shape index (κ1) is 43.0. The fraction of sp³-hybridized carbons (Fsp3) is 0.265. The van der Waals surface area contributed by atoms with Crippen molar-refractivity contribution in [2.45, 2.75) is 72.7 Å². The van der Waals surface area contributed by atoms with E-state index in [-0.39, 0.29) is 33.0 Å². The number of hydrogen-bond donors (Lipinski definition) is 1. The minimum absolute atomic E-state index is 0.146. The number of hydrogen-bond acceptors (Lipinski definition) is 10. The molecule has 0 spiro atoms. The molecular weight excluding hydrogens is 809 g/mol. The number of aromatic nitrogens is 2. The SMILES string of the molecule is Cc1c(COc2cc(OCc3cncc(C#N)c3)c(CO)cc2Cl)cccc1-c1cccc(COc2cc(OCc3cncc(C#N)c3)c(CN3CCCCC3)cc2Cl)c1C. The lowest BCUT2D eigenvalue weighted by atomic mass is 9.92. The molecule has 1 N–H and O–H groups in total.